The van der Waals surface area contributed by atoms with Gasteiger partial charge >= 0.3 is 0 Å². The van der Waals surface area contributed by atoms with Crippen LogP contribution in [0.2, 0.25) is 0 Å². The number of hydrogen-bond acceptors (Lipinski definition) is 2. The molecule has 0 bridgehead atoms. The number of hydrogen-bond donors (Lipinski definition) is 0. The number of allylic oxidation sites excluding steroid dienone is 2. The van der Waals surface area contributed by atoms with Crippen molar-refractivity contribution in [1.82, 2.24) is 0 Å². The molecule has 0 aliphatic rings. The van der Waals surface area contributed by atoms with Crippen molar-refractivity contribution in [3.63, 3.8) is 0 Å². The maximum atomic E-state index is 10.3. The molecular formula is C4H6O2P2. The van der Waals surface area contributed by atoms with Gasteiger partial charge in [-0.05, 0) is 5.82 Å². The highest BCUT2D eigenvalue weighted by Gasteiger charge is 1.83. The van der Waals surface area contributed by atoms with Gasteiger partial charge in [-0.3, -0.25) is 4.57 Å². The van der Waals surface area contributed by atoms with Gasteiger partial charge in [0.25, 0.3) is 0 Å². The predicted octanol–water partition coefficient (Wildman–Crippen LogP) is 2.45. The second-order valence-corrected chi connectivity index (χ2v) is 4.09. The normalized spacial score (nSPS) is 14.5. The Labute approximate surface area is 50.2 Å². The minimum absolute atomic E-state index is 0.285. The summed E-state index contributed by atoms with van der Waals surface area (Å²) < 4.78 is 20.1. The third-order valence-corrected chi connectivity index (χ3v) is 2.11. The summed E-state index contributed by atoms with van der Waals surface area (Å²) in [5.41, 5.74) is 0. The van der Waals surface area contributed by atoms with Crippen LogP contribution < -0.4 is 0 Å². The van der Waals surface area contributed by atoms with Crippen molar-refractivity contribution >= 4 is 15.6 Å². The molecule has 0 saturated heterocycles. The molecule has 0 amide bonds. The second-order valence-electron chi connectivity index (χ2n) is 1.02. The molecule has 0 aliphatic heterocycles. The van der Waals surface area contributed by atoms with E-state index < -0.39 is 7.49 Å². The SMILES string of the molecule is C=CC=C[PH](=O)P=O. The third kappa shape index (κ3) is 3.98. The van der Waals surface area contributed by atoms with E-state index in [-0.39, 0.29) is 8.15 Å². The van der Waals surface area contributed by atoms with E-state index in [1.165, 1.54) is 18.0 Å². The van der Waals surface area contributed by atoms with Crippen molar-refractivity contribution in [2.45, 2.75) is 0 Å². The molecule has 4 heteroatoms. The molecule has 44 valence electrons. The van der Waals surface area contributed by atoms with E-state index in [0.29, 0.717) is 0 Å². The monoisotopic (exact) mass is 148 g/mol. The third-order valence-electron chi connectivity index (χ3n) is 0.465. The Balaban J connectivity index is 3.69. The van der Waals surface area contributed by atoms with E-state index in [9.17, 15) is 9.13 Å². The van der Waals surface area contributed by atoms with Gasteiger partial charge < -0.3 is 4.57 Å². The molecule has 0 aromatic rings. The first-order chi connectivity index (χ1) is 3.81. The summed E-state index contributed by atoms with van der Waals surface area (Å²) in [4.78, 5) is 0. The average Bonchev–Trinajstić information content (AvgIpc) is 1.83. The molecule has 1 atom stereocenters. The summed E-state index contributed by atoms with van der Waals surface area (Å²) in [6, 6.07) is 0. The van der Waals surface area contributed by atoms with E-state index >= 15 is 0 Å². The van der Waals surface area contributed by atoms with Crippen molar-refractivity contribution < 1.29 is 9.13 Å². The van der Waals surface area contributed by atoms with E-state index in [1.807, 2.05) is 0 Å². The van der Waals surface area contributed by atoms with Crippen LogP contribution in [0.4, 0.5) is 0 Å². The van der Waals surface area contributed by atoms with Gasteiger partial charge in [-0.2, -0.15) is 0 Å². The lowest BCUT2D eigenvalue weighted by Gasteiger charge is -1.70. The zero-order valence-corrected chi connectivity index (χ0v) is 6.10. The fraction of sp³-hybridized carbons (Fsp3) is 0. The molecule has 0 spiro atoms. The highest BCUT2D eigenvalue weighted by Crippen LogP contribution is 2.36. The van der Waals surface area contributed by atoms with Crippen LogP contribution in [0, 0.1) is 0 Å². The first-order valence-corrected chi connectivity index (χ1v) is 5.11. The molecule has 0 heterocycles. The van der Waals surface area contributed by atoms with Gasteiger partial charge in [0.15, 0.2) is 7.49 Å². The van der Waals surface area contributed by atoms with Gasteiger partial charge in [0.2, 0.25) is 8.15 Å². The van der Waals surface area contributed by atoms with E-state index in [0.717, 1.165) is 0 Å². The second kappa shape index (κ2) is 4.96. The Morgan fingerprint density at radius 3 is 2.62 bits per heavy atom. The van der Waals surface area contributed by atoms with Gasteiger partial charge in [-0.25, -0.2) is 0 Å². The summed E-state index contributed by atoms with van der Waals surface area (Å²) in [6.45, 7) is 3.35. The van der Waals surface area contributed by atoms with Crippen molar-refractivity contribution in [1.29, 1.82) is 0 Å². The standard InChI is InChI=1S/C4H6O2P2/c1-2-3-4-8(6)7-5/h2-4,8H,1H2. The molecule has 1 unspecified atom stereocenters. The maximum absolute atomic E-state index is 10.3. The van der Waals surface area contributed by atoms with Crippen LogP contribution in [-0.2, 0) is 9.13 Å². The van der Waals surface area contributed by atoms with Crippen LogP contribution in [0.5, 0.6) is 0 Å². The Kier molecular flexibility index (Phi) is 4.84. The smallest absolute Gasteiger partial charge is 0.223 e. The zero-order valence-electron chi connectivity index (χ0n) is 4.20. The first-order valence-electron chi connectivity index (χ1n) is 1.97. The number of rotatable bonds is 3. The molecule has 0 aliphatic carbocycles. The van der Waals surface area contributed by atoms with E-state index in [1.54, 1.807) is 0 Å². The topological polar surface area (TPSA) is 34.1 Å². The van der Waals surface area contributed by atoms with Crippen molar-refractivity contribution in [2.24, 2.45) is 0 Å². The van der Waals surface area contributed by atoms with E-state index in [2.05, 4.69) is 6.58 Å². The maximum Gasteiger partial charge on any atom is 0.223 e. The van der Waals surface area contributed by atoms with Gasteiger partial charge in [-0.15, -0.1) is 0 Å². The molecule has 0 aromatic heterocycles. The summed E-state index contributed by atoms with van der Waals surface area (Å²) >= 11 is 0. The lowest BCUT2D eigenvalue weighted by molar-refractivity contribution is 0.588. The quantitative estimate of drug-likeness (QED) is 0.455. The average molecular weight is 148 g/mol. The van der Waals surface area contributed by atoms with E-state index in [4.69, 9.17) is 0 Å². The minimum atomic E-state index is -1.98. The molecule has 0 rings (SSSR count). The van der Waals surface area contributed by atoms with Crippen molar-refractivity contribution in [2.75, 3.05) is 0 Å². The zero-order chi connectivity index (χ0) is 6.41. The Morgan fingerprint density at radius 1 is 1.62 bits per heavy atom. The Morgan fingerprint density at radius 2 is 2.25 bits per heavy atom. The Bertz CT molecular complexity index is 139. The molecular weight excluding hydrogens is 142 g/mol. The summed E-state index contributed by atoms with van der Waals surface area (Å²) in [7, 11) is -2.26. The molecule has 0 radical (unpaired) electrons. The summed E-state index contributed by atoms with van der Waals surface area (Å²) in [5, 5.41) is 0. The van der Waals surface area contributed by atoms with Crippen LogP contribution in [0.25, 0.3) is 0 Å². The van der Waals surface area contributed by atoms with Gasteiger partial charge in [0.1, 0.15) is 0 Å². The van der Waals surface area contributed by atoms with Crippen molar-refractivity contribution in [3.8, 4) is 0 Å². The minimum Gasteiger partial charge on any atom is -0.310 e. The Hall–Kier alpha value is -0.190. The molecule has 0 fully saturated rings. The van der Waals surface area contributed by atoms with Crippen LogP contribution in [0.15, 0.2) is 24.5 Å². The lowest BCUT2D eigenvalue weighted by atomic mass is 10.6. The largest absolute Gasteiger partial charge is 0.310 e. The van der Waals surface area contributed by atoms with Crippen LogP contribution in [0.3, 0.4) is 0 Å². The summed E-state index contributed by atoms with van der Waals surface area (Å²) in [5.74, 6) is 1.38. The van der Waals surface area contributed by atoms with Crippen LogP contribution >= 0.6 is 15.6 Å². The van der Waals surface area contributed by atoms with Gasteiger partial charge in [0, 0.05) is 0 Å². The fourth-order valence-electron chi connectivity index (χ4n) is 0.181. The van der Waals surface area contributed by atoms with Gasteiger partial charge in [-0.1, -0.05) is 18.7 Å². The first kappa shape index (κ1) is 7.81. The predicted molar refractivity (Wildman–Crippen MR) is 35.9 cm³/mol. The van der Waals surface area contributed by atoms with Crippen LogP contribution in [-0.4, -0.2) is 0 Å². The molecule has 8 heavy (non-hydrogen) atoms. The molecule has 0 N–H and O–H groups in total. The van der Waals surface area contributed by atoms with Crippen LogP contribution in [0.1, 0.15) is 0 Å². The van der Waals surface area contributed by atoms with Gasteiger partial charge in [0.05, 0.1) is 0 Å². The fourth-order valence-corrected chi connectivity index (χ4v) is 0.983. The highest BCUT2D eigenvalue weighted by molar-refractivity contribution is 8.11. The van der Waals surface area contributed by atoms with Crippen molar-refractivity contribution in [3.05, 3.63) is 24.5 Å². The molecule has 2 nitrogen and oxygen atoms in total. The highest BCUT2D eigenvalue weighted by atomic mass is 32.0. The molecule has 0 aromatic carbocycles. The molecule has 0 saturated carbocycles. The lowest BCUT2D eigenvalue weighted by Crippen LogP contribution is -1.36. The summed E-state index contributed by atoms with van der Waals surface area (Å²) in [6.07, 6.45) is 3.01.